The van der Waals surface area contributed by atoms with Crippen molar-refractivity contribution in [2.24, 2.45) is 5.92 Å². The molecule has 0 saturated carbocycles. The van der Waals surface area contributed by atoms with Gasteiger partial charge >= 0.3 is 0 Å². The zero-order valence-electron chi connectivity index (χ0n) is 11.6. The van der Waals surface area contributed by atoms with Gasteiger partial charge in [0, 0.05) is 6.54 Å². The number of thioether (sulfide) groups is 1. The first kappa shape index (κ1) is 14.0. The summed E-state index contributed by atoms with van der Waals surface area (Å²) in [5, 5.41) is 3.61. The van der Waals surface area contributed by atoms with Crippen molar-refractivity contribution in [2.45, 2.75) is 39.2 Å². The first-order valence-electron chi connectivity index (χ1n) is 7.13. The van der Waals surface area contributed by atoms with Gasteiger partial charge in [0.05, 0.1) is 0 Å². The molecule has 1 aliphatic heterocycles. The first-order valence-corrected chi connectivity index (χ1v) is 8.28. The van der Waals surface area contributed by atoms with Crippen LogP contribution in [0.15, 0.2) is 24.3 Å². The van der Waals surface area contributed by atoms with Gasteiger partial charge in [0.25, 0.3) is 0 Å². The van der Waals surface area contributed by atoms with E-state index in [1.165, 1.54) is 42.0 Å². The molecule has 1 aromatic carbocycles. The van der Waals surface area contributed by atoms with Crippen LogP contribution in [0.4, 0.5) is 0 Å². The van der Waals surface area contributed by atoms with Crippen LogP contribution < -0.4 is 5.32 Å². The van der Waals surface area contributed by atoms with E-state index in [4.69, 9.17) is 0 Å². The van der Waals surface area contributed by atoms with Gasteiger partial charge in [-0.15, -0.1) is 0 Å². The summed E-state index contributed by atoms with van der Waals surface area (Å²) in [6.07, 6.45) is 2.79. The Morgan fingerprint density at radius 2 is 1.83 bits per heavy atom. The number of hydrogen-bond acceptors (Lipinski definition) is 2. The maximum absolute atomic E-state index is 3.61. The molecule has 100 valence electrons. The fraction of sp³-hybridized carbons (Fsp3) is 0.625. The highest BCUT2D eigenvalue weighted by molar-refractivity contribution is 7.99. The Kier molecular flexibility index (Phi) is 5.58. The highest BCUT2D eigenvalue weighted by Gasteiger charge is 2.12. The second-order valence-electron chi connectivity index (χ2n) is 5.58. The average Bonchev–Trinajstić information content (AvgIpc) is 2.40. The third kappa shape index (κ3) is 4.33. The van der Waals surface area contributed by atoms with E-state index in [1.54, 1.807) is 0 Å². The minimum absolute atomic E-state index is 0.631. The number of rotatable bonds is 5. The van der Waals surface area contributed by atoms with Gasteiger partial charge in [0.1, 0.15) is 0 Å². The summed E-state index contributed by atoms with van der Waals surface area (Å²) < 4.78 is 0. The molecule has 1 heterocycles. The molecule has 0 atom stereocenters. The summed E-state index contributed by atoms with van der Waals surface area (Å²) in [6, 6.07) is 9.05. The highest BCUT2D eigenvalue weighted by Crippen LogP contribution is 2.22. The molecule has 1 fully saturated rings. The van der Waals surface area contributed by atoms with E-state index in [0.717, 1.165) is 12.5 Å². The molecular formula is C16H25NS. The summed E-state index contributed by atoms with van der Waals surface area (Å²) >= 11 is 2.10. The van der Waals surface area contributed by atoms with E-state index in [-0.39, 0.29) is 0 Å². The van der Waals surface area contributed by atoms with Crippen LogP contribution in [0.3, 0.4) is 0 Å². The zero-order valence-corrected chi connectivity index (χ0v) is 12.4. The van der Waals surface area contributed by atoms with Gasteiger partial charge in [-0.1, -0.05) is 38.1 Å². The van der Waals surface area contributed by atoms with Crippen LogP contribution >= 0.6 is 11.8 Å². The molecule has 0 aromatic heterocycles. The van der Waals surface area contributed by atoms with E-state index in [0.29, 0.717) is 5.92 Å². The van der Waals surface area contributed by atoms with Crippen molar-refractivity contribution in [3.63, 3.8) is 0 Å². The topological polar surface area (TPSA) is 12.0 Å². The van der Waals surface area contributed by atoms with Crippen molar-refractivity contribution in [2.75, 3.05) is 18.1 Å². The molecule has 1 nitrogen and oxygen atoms in total. The molecular weight excluding hydrogens is 238 g/mol. The number of nitrogens with one attached hydrogen (secondary N) is 1. The lowest BCUT2D eigenvalue weighted by Crippen LogP contribution is -2.25. The summed E-state index contributed by atoms with van der Waals surface area (Å²) in [7, 11) is 0. The van der Waals surface area contributed by atoms with Gasteiger partial charge < -0.3 is 5.32 Å². The molecule has 2 heteroatoms. The van der Waals surface area contributed by atoms with Crippen molar-refractivity contribution < 1.29 is 0 Å². The van der Waals surface area contributed by atoms with Gasteiger partial charge in [0.2, 0.25) is 0 Å². The van der Waals surface area contributed by atoms with Crippen LogP contribution in [0, 0.1) is 5.92 Å². The maximum Gasteiger partial charge on any atom is 0.0205 e. The molecule has 0 spiro atoms. The minimum atomic E-state index is 0.631. The van der Waals surface area contributed by atoms with Crippen LogP contribution in [0.2, 0.25) is 0 Å². The normalized spacial score (nSPS) is 17.3. The molecule has 1 aromatic rings. The van der Waals surface area contributed by atoms with Crippen molar-refractivity contribution in [3.05, 3.63) is 35.4 Å². The lowest BCUT2D eigenvalue weighted by atomic mass is 10.0. The summed E-state index contributed by atoms with van der Waals surface area (Å²) in [6.45, 7) is 6.69. The average molecular weight is 263 g/mol. The van der Waals surface area contributed by atoms with E-state index < -0.39 is 0 Å². The molecule has 2 rings (SSSR count). The van der Waals surface area contributed by atoms with Crippen LogP contribution in [0.5, 0.6) is 0 Å². The van der Waals surface area contributed by atoms with Crippen LogP contribution in [0.25, 0.3) is 0 Å². The lowest BCUT2D eigenvalue weighted by Gasteiger charge is -2.21. The van der Waals surface area contributed by atoms with Gasteiger partial charge in [-0.2, -0.15) is 11.8 Å². The largest absolute Gasteiger partial charge is 0.312 e. The summed E-state index contributed by atoms with van der Waals surface area (Å²) in [5.41, 5.74) is 2.84. The molecule has 0 unspecified atom stereocenters. The molecule has 18 heavy (non-hydrogen) atoms. The van der Waals surface area contributed by atoms with Crippen molar-refractivity contribution in [1.82, 2.24) is 5.32 Å². The van der Waals surface area contributed by atoms with Gasteiger partial charge in [0.15, 0.2) is 0 Å². The van der Waals surface area contributed by atoms with E-state index in [2.05, 4.69) is 55.2 Å². The Labute approximate surface area is 116 Å². The molecule has 0 bridgehead atoms. The summed E-state index contributed by atoms with van der Waals surface area (Å²) in [5.74, 6) is 4.25. The Balaban J connectivity index is 1.72. The molecule has 0 amide bonds. The molecule has 0 aliphatic carbocycles. The molecule has 1 saturated heterocycles. The number of benzene rings is 1. The third-order valence-electron chi connectivity index (χ3n) is 3.75. The third-order valence-corrected chi connectivity index (χ3v) is 4.80. The smallest absolute Gasteiger partial charge is 0.0205 e. The second kappa shape index (κ2) is 7.20. The van der Waals surface area contributed by atoms with Crippen LogP contribution in [-0.4, -0.2) is 18.1 Å². The fourth-order valence-electron chi connectivity index (χ4n) is 2.39. The predicted molar refractivity (Wildman–Crippen MR) is 82.3 cm³/mol. The summed E-state index contributed by atoms with van der Waals surface area (Å²) in [4.78, 5) is 0. The lowest BCUT2D eigenvalue weighted by molar-refractivity contribution is 0.447. The van der Waals surface area contributed by atoms with Crippen LogP contribution in [0.1, 0.15) is 43.7 Å². The molecule has 0 radical (unpaired) electrons. The molecule has 1 N–H and O–H groups in total. The van der Waals surface area contributed by atoms with Crippen LogP contribution in [-0.2, 0) is 6.54 Å². The Hall–Kier alpha value is -0.470. The van der Waals surface area contributed by atoms with E-state index in [1.807, 2.05) is 0 Å². The maximum atomic E-state index is 3.61. The Morgan fingerprint density at radius 3 is 2.44 bits per heavy atom. The van der Waals surface area contributed by atoms with Gasteiger partial charge in [-0.05, 0) is 53.9 Å². The Morgan fingerprint density at radius 1 is 1.17 bits per heavy atom. The quantitative estimate of drug-likeness (QED) is 0.860. The predicted octanol–water partition coefficient (Wildman–Crippen LogP) is 4.04. The van der Waals surface area contributed by atoms with Crippen molar-refractivity contribution >= 4 is 11.8 Å². The van der Waals surface area contributed by atoms with E-state index >= 15 is 0 Å². The zero-order chi connectivity index (χ0) is 12.8. The highest BCUT2D eigenvalue weighted by atomic mass is 32.2. The fourth-order valence-corrected chi connectivity index (χ4v) is 3.60. The Bertz CT molecular complexity index is 339. The molecule has 1 aliphatic rings. The monoisotopic (exact) mass is 263 g/mol. The van der Waals surface area contributed by atoms with Gasteiger partial charge in [-0.3, -0.25) is 0 Å². The second-order valence-corrected chi connectivity index (χ2v) is 6.81. The van der Waals surface area contributed by atoms with Crippen molar-refractivity contribution in [1.29, 1.82) is 0 Å². The SMILES string of the molecule is CC(C)c1ccc(CNCC2CCSCC2)cc1. The van der Waals surface area contributed by atoms with E-state index in [9.17, 15) is 0 Å². The first-order chi connectivity index (χ1) is 8.75. The minimum Gasteiger partial charge on any atom is -0.312 e. The standard InChI is InChI=1S/C16H25NS/c1-13(2)16-5-3-14(4-6-16)11-17-12-15-7-9-18-10-8-15/h3-6,13,15,17H,7-12H2,1-2H3. The number of hydrogen-bond donors (Lipinski definition) is 1. The van der Waals surface area contributed by atoms with Crippen molar-refractivity contribution in [3.8, 4) is 0 Å². The van der Waals surface area contributed by atoms with Gasteiger partial charge in [-0.25, -0.2) is 0 Å².